The maximum atomic E-state index is 13.1. The van der Waals surface area contributed by atoms with Crippen LogP contribution in [0.2, 0.25) is 5.02 Å². The molecule has 146 valence electrons. The van der Waals surface area contributed by atoms with Crippen LogP contribution in [0.4, 0.5) is 0 Å². The van der Waals surface area contributed by atoms with Gasteiger partial charge in [0.05, 0.1) is 22.0 Å². The summed E-state index contributed by atoms with van der Waals surface area (Å²) in [4.78, 5) is 30.0. The molecule has 2 aromatic heterocycles. The third-order valence-electron chi connectivity index (χ3n) is 4.21. The van der Waals surface area contributed by atoms with E-state index in [4.69, 9.17) is 11.6 Å². The molecule has 0 saturated carbocycles. The Morgan fingerprint density at radius 3 is 2.66 bits per heavy atom. The lowest BCUT2D eigenvalue weighted by molar-refractivity contribution is -0.118. The number of halogens is 1. The summed E-state index contributed by atoms with van der Waals surface area (Å²) in [6.07, 6.45) is 0. The van der Waals surface area contributed by atoms with Gasteiger partial charge in [-0.2, -0.15) is 0 Å². The molecule has 0 radical (unpaired) electrons. The summed E-state index contributed by atoms with van der Waals surface area (Å²) < 4.78 is 2.04. The summed E-state index contributed by atoms with van der Waals surface area (Å²) >= 11 is 8.89. The zero-order valence-electron chi connectivity index (χ0n) is 15.2. The Labute approximate surface area is 180 Å². The highest BCUT2D eigenvalue weighted by Crippen LogP contribution is 2.26. The molecule has 0 spiro atoms. The Hall–Kier alpha value is -2.61. The van der Waals surface area contributed by atoms with Crippen molar-refractivity contribution in [3.05, 3.63) is 87.0 Å². The third-order valence-corrected chi connectivity index (χ3v) is 6.36. The number of carbonyl (C=O) groups excluding carboxylic acids is 1. The summed E-state index contributed by atoms with van der Waals surface area (Å²) in [5.41, 5.74) is 2.01. The van der Waals surface area contributed by atoms with Crippen molar-refractivity contribution in [2.24, 2.45) is 0 Å². The molecule has 1 amide bonds. The molecule has 4 aromatic rings. The van der Waals surface area contributed by atoms with Crippen molar-refractivity contribution in [1.82, 2.24) is 14.9 Å². The van der Waals surface area contributed by atoms with Gasteiger partial charge in [-0.1, -0.05) is 65.8 Å². The van der Waals surface area contributed by atoms with Gasteiger partial charge in [-0.05, 0) is 29.1 Å². The van der Waals surface area contributed by atoms with Crippen LogP contribution < -0.4 is 10.9 Å². The number of thiophene rings is 1. The first-order chi connectivity index (χ1) is 14.1. The monoisotopic (exact) mass is 441 g/mol. The van der Waals surface area contributed by atoms with E-state index in [0.29, 0.717) is 32.6 Å². The maximum Gasteiger partial charge on any atom is 0.276 e. The molecular formula is C21H16ClN3O2S2. The number of rotatable bonds is 6. The lowest BCUT2D eigenvalue weighted by atomic mass is 10.2. The van der Waals surface area contributed by atoms with Crippen molar-refractivity contribution in [1.29, 1.82) is 0 Å². The van der Waals surface area contributed by atoms with Gasteiger partial charge in [0, 0.05) is 6.54 Å². The predicted octanol–water partition coefficient (Wildman–Crippen LogP) is 4.51. The number of amides is 1. The fourth-order valence-corrected chi connectivity index (χ4v) is 4.63. The van der Waals surface area contributed by atoms with Gasteiger partial charge in [-0.3, -0.25) is 14.2 Å². The van der Waals surface area contributed by atoms with Crippen molar-refractivity contribution in [3.8, 4) is 5.69 Å². The standard InChI is InChI=1S/C21H16ClN3O2S2/c22-15-8-4-5-9-17(15)25-20(27)19-16(10-11-28-19)24-21(25)29-13-18(26)23-12-14-6-2-1-3-7-14/h1-11H,12-13H2,(H,23,26). The lowest BCUT2D eigenvalue weighted by Crippen LogP contribution is -2.26. The Kier molecular flexibility index (Phi) is 5.99. The summed E-state index contributed by atoms with van der Waals surface area (Å²) in [5.74, 6) is 0.00329. The number of hydrogen-bond donors (Lipinski definition) is 1. The Morgan fingerprint density at radius 2 is 1.86 bits per heavy atom. The highest BCUT2D eigenvalue weighted by Gasteiger charge is 2.17. The number of para-hydroxylation sites is 1. The number of fused-ring (bicyclic) bond motifs is 1. The minimum atomic E-state index is -0.190. The minimum absolute atomic E-state index is 0.135. The van der Waals surface area contributed by atoms with E-state index in [1.165, 1.54) is 27.7 Å². The second kappa shape index (κ2) is 8.82. The van der Waals surface area contributed by atoms with Crippen LogP contribution in [0.5, 0.6) is 0 Å². The first-order valence-electron chi connectivity index (χ1n) is 8.82. The van der Waals surface area contributed by atoms with Crippen LogP contribution in [0.25, 0.3) is 15.9 Å². The molecule has 29 heavy (non-hydrogen) atoms. The summed E-state index contributed by atoms with van der Waals surface area (Å²) in [6.45, 7) is 0.453. The number of thioether (sulfide) groups is 1. The Bertz CT molecular complexity index is 1220. The van der Waals surface area contributed by atoms with E-state index in [2.05, 4.69) is 10.3 Å². The fourth-order valence-electron chi connectivity index (χ4n) is 2.81. The molecular weight excluding hydrogens is 426 g/mol. The van der Waals surface area contributed by atoms with Gasteiger partial charge in [0.1, 0.15) is 4.70 Å². The van der Waals surface area contributed by atoms with E-state index >= 15 is 0 Å². The van der Waals surface area contributed by atoms with Crippen LogP contribution in [0.15, 0.2) is 76.0 Å². The molecule has 0 aliphatic heterocycles. The topological polar surface area (TPSA) is 64.0 Å². The molecule has 2 heterocycles. The Balaban J connectivity index is 1.59. The molecule has 2 aromatic carbocycles. The second-order valence-corrected chi connectivity index (χ2v) is 8.44. The van der Waals surface area contributed by atoms with Gasteiger partial charge < -0.3 is 5.32 Å². The van der Waals surface area contributed by atoms with E-state index in [1.54, 1.807) is 24.3 Å². The van der Waals surface area contributed by atoms with E-state index < -0.39 is 0 Å². The first-order valence-corrected chi connectivity index (χ1v) is 11.1. The zero-order valence-corrected chi connectivity index (χ0v) is 17.6. The molecule has 0 aliphatic rings. The van der Waals surface area contributed by atoms with Gasteiger partial charge >= 0.3 is 0 Å². The molecule has 0 unspecified atom stereocenters. The van der Waals surface area contributed by atoms with Crippen LogP contribution in [-0.4, -0.2) is 21.2 Å². The van der Waals surface area contributed by atoms with Crippen LogP contribution in [0.1, 0.15) is 5.56 Å². The largest absolute Gasteiger partial charge is 0.351 e. The number of benzene rings is 2. The van der Waals surface area contributed by atoms with E-state index in [-0.39, 0.29) is 17.2 Å². The first kappa shape index (κ1) is 19.7. The zero-order chi connectivity index (χ0) is 20.2. The van der Waals surface area contributed by atoms with Crippen molar-refractivity contribution >= 4 is 50.8 Å². The molecule has 4 rings (SSSR count). The molecule has 5 nitrogen and oxygen atoms in total. The molecule has 0 saturated heterocycles. The van der Waals surface area contributed by atoms with E-state index in [0.717, 1.165) is 5.56 Å². The maximum absolute atomic E-state index is 13.1. The van der Waals surface area contributed by atoms with Crippen LogP contribution in [-0.2, 0) is 11.3 Å². The quantitative estimate of drug-likeness (QED) is 0.353. The molecule has 0 atom stereocenters. The van der Waals surface area contributed by atoms with Gasteiger partial charge in [-0.15, -0.1) is 11.3 Å². The smallest absolute Gasteiger partial charge is 0.276 e. The number of nitrogens with zero attached hydrogens (tertiary/aromatic N) is 2. The van der Waals surface area contributed by atoms with Crippen molar-refractivity contribution < 1.29 is 4.79 Å². The number of hydrogen-bond acceptors (Lipinski definition) is 5. The average molecular weight is 442 g/mol. The molecule has 0 fully saturated rings. The lowest BCUT2D eigenvalue weighted by Gasteiger charge is -2.13. The van der Waals surface area contributed by atoms with Crippen molar-refractivity contribution in [2.75, 3.05) is 5.75 Å². The summed E-state index contributed by atoms with van der Waals surface area (Å²) in [7, 11) is 0. The molecule has 0 aliphatic carbocycles. The molecule has 1 N–H and O–H groups in total. The average Bonchev–Trinajstić information content (AvgIpc) is 3.21. The van der Waals surface area contributed by atoms with Crippen molar-refractivity contribution in [2.45, 2.75) is 11.7 Å². The number of nitrogens with one attached hydrogen (secondary N) is 1. The van der Waals surface area contributed by atoms with Crippen LogP contribution >= 0.6 is 34.7 Å². The highest BCUT2D eigenvalue weighted by atomic mass is 35.5. The molecule has 0 bridgehead atoms. The highest BCUT2D eigenvalue weighted by molar-refractivity contribution is 7.99. The van der Waals surface area contributed by atoms with Gasteiger partial charge in [-0.25, -0.2) is 4.98 Å². The van der Waals surface area contributed by atoms with E-state index in [9.17, 15) is 9.59 Å². The summed E-state index contributed by atoms with van der Waals surface area (Å²) in [6, 6.07) is 18.6. The van der Waals surface area contributed by atoms with Gasteiger partial charge in [0.2, 0.25) is 5.91 Å². The van der Waals surface area contributed by atoms with Gasteiger partial charge in [0.25, 0.3) is 5.56 Å². The fraction of sp³-hybridized carbons (Fsp3) is 0.0952. The predicted molar refractivity (Wildman–Crippen MR) is 119 cm³/mol. The SMILES string of the molecule is O=C(CSc1nc2ccsc2c(=O)n1-c1ccccc1Cl)NCc1ccccc1. The Morgan fingerprint density at radius 1 is 1.10 bits per heavy atom. The normalized spacial score (nSPS) is 10.9. The second-order valence-electron chi connectivity index (χ2n) is 6.17. The number of carbonyl (C=O) groups is 1. The van der Waals surface area contributed by atoms with E-state index in [1.807, 2.05) is 41.8 Å². The molecule has 8 heteroatoms. The third kappa shape index (κ3) is 4.37. The van der Waals surface area contributed by atoms with Crippen molar-refractivity contribution in [3.63, 3.8) is 0 Å². The van der Waals surface area contributed by atoms with Crippen LogP contribution in [0, 0.1) is 0 Å². The van der Waals surface area contributed by atoms with Crippen LogP contribution in [0.3, 0.4) is 0 Å². The summed E-state index contributed by atoms with van der Waals surface area (Å²) in [5, 5.41) is 5.60. The van der Waals surface area contributed by atoms with Gasteiger partial charge in [0.15, 0.2) is 5.16 Å². The number of aromatic nitrogens is 2. The minimum Gasteiger partial charge on any atom is -0.351 e.